The third-order valence-electron chi connectivity index (χ3n) is 4.15. The van der Waals surface area contributed by atoms with Crippen LogP contribution < -0.4 is 9.47 Å². The lowest BCUT2D eigenvalue weighted by Crippen LogP contribution is -2.08. The number of rotatable bonds is 6. The number of aromatic nitrogens is 2. The molecule has 7 heteroatoms. The van der Waals surface area contributed by atoms with Gasteiger partial charge in [0.05, 0.1) is 13.7 Å². The molecule has 2 heterocycles. The third kappa shape index (κ3) is 4.11. The topological polar surface area (TPSA) is 73.7 Å². The minimum absolute atomic E-state index is 0.0875. The predicted molar refractivity (Wildman–Crippen MR) is 96.0 cm³/mol. The lowest BCUT2D eigenvalue weighted by Gasteiger charge is -2.13. The Balaban J connectivity index is 1.94. The summed E-state index contributed by atoms with van der Waals surface area (Å²) in [6.07, 6.45) is 1.48. The fourth-order valence-corrected chi connectivity index (χ4v) is 2.88. The van der Waals surface area contributed by atoms with Gasteiger partial charge in [0.25, 0.3) is 0 Å². The summed E-state index contributed by atoms with van der Waals surface area (Å²) in [4.78, 5) is 9.26. The Morgan fingerprint density at radius 2 is 2.12 bits per heavy atom. The van der Waals surface area contributed by atoms with Gasteiger partial charge in [-0.05, 0) is 43.9 Å². The first-order chi connectivity index (χ1) is 12.1. The molecule has 0 bridgehead atoms. The predicted octanol–water partition coefficient (Wildman–Crippen LogP) is 2.84. The summed E-state index contributed by atoms with van der Waals surface area (Å²) >= 11 is 0. The van der Waals surface area contributed by atoms with Gasteiger partial charge >= 0.3 is 7.12 Å². The zero-order valence-corrected chi connectivity index (χ0v) is 14.9. The molecule has 1 N–H and O–H groups in total. The Hall–Kier alpha value is -2.12. The highest BCUT2D eigenvalue weighted by atomic mass is 16.5. The third-order valence-corrected chi connectivity index (χ3v) is 4.15. The SMILES string of the molecule is CCCOc1cc(-c2nc(C)cc([C@H]3COB(O)C3)n2)ccc1OC. The van der Waals surface area contributed by atoms with Crippen molar-refractivity contribution in [3.63, 3.8) is 0 Å². The zero-order valence-electron chi connectivity index (χ0n) is 14.9. The molecule has 0 radical (unpaired) electrons. The Labute approximate surface area is 148 Å². The molecule has 1 saturated heterocycles. The van der Waals surface area contributed by atoms with Gasteiger partial charge in [-0.15, -0.1) is 0 Å². The lowest BCUT2D eigenvalue weighted by atomic mass is 9.81. The fraction of sp³-hybridized carbons (Fsp3) is 0.444. The first kappa shape index (κ1) is 17.7. The highest BCUT2D eigenvalue weighted by Gasteiger charge is 2.31. The largest absolute Gasteiger partial charge is 0.493 e. The van der Waals surface area contributed by atoms with Crippen molar-refractivity contribution in [2.75, 3.05) is 20.3 Å². The Kier molecular flexibility index (Phi) is 5.55. The van der Waals surface area contributed by atoms with Crippen LogP contribution in [0.15, 0.2) is 24.3 Å². The molecular formula is C18H23BN2O4. The van der Waals surface area contributed by atoms with Crippen molar-refractivity contribution in [2.24, 2.45) is 0 Å². The Bertz CT molecular complexity index is 741. The van der Waals surface area contributed by atoms with Gasteiger partial charge in [0.2, 0.25) is 0 Å². The van der Waals surface area contributed by atoms with Crippen LogP contribution in [-0.4, -0.2) is 42.4 Å². The molecular weight excluding hydrogens is 319 g/mol. The summed E-state index contributed by atoms with van der Waals surface area (Å²) in [5, 5.41) is 9.60. The van der Waals surface area contributed by atoms with E-state index in [0.29, 0.717) is 36.9 Å². The van der Waals surface area contributed by atoms with Crippen LogP contribution in [0.25, 0.3) is 11.4 Å². The molecule has 0 saturated carbocycles. The highest BCUT2D eigenvalue weighted by Crippen LogP contribution is 2.33. The van der Waals surface area contributed by atoms with Gasteiger partial charge in [0.1, 0.15) is 0 Å². The maximum Gasteiger partial charge on any atom is 0.454 e. The van der Waals surface area contributed by atoms with E-state index in [0.717, 1.165) is 23.4 Å². The van der Waals surface area contributed by atoms with Crippen LogP contribution in [0.3, 0.4) is 0 Å². The van der Waals surface area contributed by atoms with Crippen LogP contribution in [0, 0.1) is 6.92 Å². The first-order valence-electron chi connectivity index (χ1n) is 8.57. The van der Waals surface area contributed by atoms with Gasteiger partial charge < -0.3 is 19.2 Å². The molecule has 1 aromatic carbocycles. The van der Waals surface area contributed by atoms with Gasteiger partial charge in [-0.3, -0.25) is 0 Å². The molecule has 3 rings (SSSR count). The fourth-order valence-electron chi connectivity index (χ4n) is 2.88. The molecule has 1 aliphatic heterocycles. The van der Waals surface area contributed by atoms with Crippen molar-refractivity contribution < 1.29 is 19.2 Å². The van der Waals surface area contributed by atoms with E-state index < -0.39 is 7.12 Å². The second-order valence-electron chi connectivity index (χ2n) is 6.19. The molecule has 1 fully saturated rings. The Morgan fingerprint density at radius 1 is 1.28 bits per heavy atom. The molecule has 0 unspecified atom stereocenters. The van der Waals surface area contributed by atoms with Crippen LogP contribution in [0.5, 0.6) is 11.5 Å². The molecule has 0 aliphatic carbocycles. The molecule has 1 aromatic heterocycles. The van der Waals surface area contributed by atoms with E-state index in [4.69, 9.17) is 19.1 Å². The van der Waals surface area contributed by atoms with Crippen LogP contribution in [0.1, 0.15) is 30.7 Å². The van der Waals surface area contributed by atoms with Gasteiger partial charge in [0.15, 0.2) is 17.3 Å². The zero-order chi connectivity index (χ0) is 17.8. The normalized spacial score (nSPS) is 17.0. The number of aryl methyl sites for hydroxylation is 1. The quantitative estimate of drug-likeness (QED) is 0.814. The van der Waals surface area contributed by atoms with Crippen molar-refractivity contribution in [3.05, 3.63) is 35.7 Å². The number of hydrogen-bond donors (Lipinski definition) is 1. The standard InChI is InChI=1S/C18H23BN2O4/c1-4-7-24-17-9-13(5-6-16(17)23-3)18-20-12(2)8-15(21-18)14-10-19(22)25-11-14/h5-6,8-9,14,22H,4,7,10-11H2,1-3H3/t14-/m1/s1. The van der Waals surface area contributed by atoms with Crippen molar-refractivity contribution >= 4 is 7.12 Å². The molecule has 1 atom stereocenters. The number of benzene rings is 1. The molecule has 2 aromatic rings. The van der Waals surface area contributed by atoms with Crippen molar-refractivity contribution in [1.29, 1.82) is 0 Å². The average molecular weight is 342 g/mol. The first-order valence-corrected chi connectivity index (χ1v) is 8.57. The number of nitrogens with zero attached hydrogens (tertiary/aromatic N) is 2. The lowest BCUT2D eigenvalue weighted by molar-refractivity contribution is 0.291. The summed E-state index contributed by atoms with van der Waals surface area (Å²) in [5.74, 6) is 2.11. The molecule has 25 heavy (non-hydrogen) atoms. The minimum Gasteiger partial charge on any atom is -0.493 e. The summed E-state index contributed by atoms with van der Waals surface area (Å²) in [6.45, 7) is 5.10. The van der Waals surface area contributed by atoms with E-state index >= 15 is 0 Å². The van der Waals surface area contributed by atoms with E-state index in [9.17, 15) is 5.02 Å². The molecule has 0 spiro atoms. The van der Waals surface area contributed by atoms with Gasteiger partial charge in [-0.2, -0.15) is 0 Å². The van der Waals surface area contributed by atoms with Crippen molar-refractivity contribution in [2.45, 2.75) is 32.5 Å². The molecule has 0 amide bonds. The molecule has 1 aliphatic rings. The number of ether oxygens (including phenoxy) is 2. The minimum atomic E-state index is -0.709. The van der Waals surface area contributed by atoms with Crippen LogP contribution in [-0.2, 0) is 4.65 Å². The second-order valence-corrected chi connectivity index (χ2v) is 6.19. The van der Waals surface area contributed by atoms with E-state index in [1.54, 1.807) is 7.11 Å². The van der Waals surface area contributed by atoms with E-state index in [-0.39, 0.29) is 5.92 Å². The molecule has 132 valence electrons. The summed E-state index contributed by atoms with van der Waals surface area (Å²) in [5.41, 5.74) is 2.65. The van der Waals surface area contributed by atoms with Crippen molar-refractivity contribution in [1.82, 2.24) is 9.97 Å². The Morgan fingerprint density at radius 3 is 2.80 bits per heavy atom. The monoisotopic (exact) mass is 342 g/mol. The van der Waals surface area contributed by atoms with Gasteiger partial charge in [-0.25, -0.2) is 9.97 Å². The average Bonchev–Trinajstić information content (AvgIpc) is 3.05. The summed E-state index contributed by atoms with van der Waals surface area (Å²) < 4.78 is 16.4. The van der Waals surface area contributed by atoms with Crippen LogP contribution in [0.2, 0.25) is 6.32 Å². The maximum atomic E-state index is 9.60. The van der Waals surface area contributed by atoms with Gasteiger partial charge in [0, 0.05) is 29.5 Å². The smallest absolute Gasteiger partial charge is 0.454 e. The van der Waals surface area contributed by atoms with Crippen molar-refractivity contribution in [3.8, 4) is 22.9 Å². The maximum absolute atomic E-state index is 9.60. The highest BCUT2D eigenvalue weighted by molar-refractivity contribution is 6.43. The summed E-state index contributed by atoms with van der Waals surface area (Å²) in [7, 11) is 0.916. The van der Waals surface area contributed by atoms with Crippen LogP contribution in [0.4, 0.5) is 0 Å². The number of hydrogen-bond acceptors (Lipinski definition) is 6. The number of methoxy groups -OCH3 is 1. The van der Waals surface area contributed by atoms with E-state index in [1.165, 1.54) is 0 Å². The second kappa shape index (κ2) is 7.84. The van der Waals surface area contributed by atoms with Gasteiger partial charge in [-0.1, -0.05) is 6.92 Å². The van der Waals surface area contributed by atoms with Crippen LogP contribution >= 0.6 is 0 Å². The molecule has 6 nitrogen and oxygen atoms in total. The van der Waals surface area contributed by atoms with E-state index in [2.05, 4.69) is 11.9 Å². The summed E-state index contributed by atoms with van der Waals surface area (Å²) in [6, 6.07) is 7.66. The van der Waals surface area contributed by atoms with E-state index in [1.807, 2.05) is 31.2 Å².